The van der Waals surface area contributed by atoms with Crippen molar-refractivity contribution in [3.05, 3.63) is 303 Å². The number of nitrogens with one attached hydrogen (secondary N) is 1. The minimum Gasteiger partial charge on any atom is -0.353 e. The quantitative estimate of drug-likeness (QED) is 0.132. The van der Waals surface area contributed by atoms with Gasteiger partial charge in [-0.25, -0.2) is 0 Å². The molecular weight excluding hydrogens is 907 g/mol. The van der Waals surface area contributed by atoms with E-state index in [9.17, 15) is 0 Å². The Hall–Kier alpha value is -9.96. The molecule has 1 N–H and O–H groups in total. The minimum atomic E-state index is 1.08. The average Bonchev–Trinajstić information content (AvgIpc) is 3.90. The molecule has 0 atom stereocenters. The molecule has 0 fully saturated rings. The van der Waals surface area contributed by atoms with Crippen molar-refractivity contribution < 1.29 is 0 Å². The lowest BCUT2D eigenvalue weighted by Crippen LogP contribution is -2.09. The second-order valence-electron chi connectivity index (χ2n) is 19.0. The van der Waals surface area contributed by atoms with Gasteiger partial charge in [0.05, 0.1) is 11.0 Å². The highest BCUT2D eigenvalue weighted by Gasteiger charge is 2.18. The van der Waals surface area contributed by atoms with E-state index >= 15 is 0 Å². The van der Waals surface area contributed by atoms with Crippen LogP contribution in [0.15, 0.2) is 303 Å². The van der Waals surface area contributed by atoms with Crippen LogP contribution in [0.1, 0.15) is 0 Å². The lowest BCUT2D eigenvalue weighted by Gasteiger charge is -2.26. The van der Waals surface area contributed by atoms with E-state index < -0.39 is 0 Å². The van der Waals surface area contributed by atoms with Crippen molar-refractivity contribution in [1.82, 2.24) is 4.98 Å². The van der Waals surface area contributed by atoms with Crippen LogP contribution in [0.2, 0.25) is 0 Å². The van der Waals surface area contributed by atoms with Gasteiger partial charge in [0.2, 0.25) is 0 Å². The van der Waals surface area contributed by atoms with E-state index in [4.69, 9.17) is 0 Å². The van der Waals surface area contributed by atoms with Gasteiger partial charge < -0.3 is 14.8 Å². The van der Waals surface area contributed by atoms with Crippen LogP contribution in [0.5, 0.6) is 0 Å². The predicted molar refractivity (Wildman–Crippen MR) is 318 cm³/mol. The number of benzene rings is 12. The number of hydrogen-bond acceptors (Lipinski definition) is 2. The number of anilines is 6. The van der Waals surface area contributed by atoms with Crippen molar-refractivity contribution in [3.63, 3.8) is 0 Å². The molecule has 13 rings (SSSR count). The molecule has 12 aromatic carbocycles. The number of aromatic amines is 1. The lowest BCUT2D eigenvalue weighted by molar-refractivity contribution is 1.28. The maximum Gasteiger partial charge on any atom is 0.0544 e. The third-order valence-electron chi connectivity index (χ3n) is 14.5. The first-order chi connectivity index (χ1) is 37.2. The fourth-order valence-corrected chi connectivity index (χ4v) is 10.6. The van der Waals surface area contributed by atoms with Gasteiger partial charge in [0.1, 0.15) is 0 Å². The minimum absolute atomic E-state index is 1.08. The summed E-state index contributed by atoms with van der Waals surface area (Å²) in [6.45, 7) is 0. The number of rotatable bonds is 12. The van der Waals surface area contributed by atoms with E-state index in [0.717, 1.165) is 67.4 Å². The summed E-state index contributed by atoms with van der Waals surface area (Å²) in [5.74, 6) is 0. The summed E-state index contributed by atoms with van der Waals surface area (Å²) >= 11 is 0. The smallest absolute Gasteiger partial charge is 0.0544 e. The van der Waals surface area contributed by atoms with Crippen LogP contribution in [-0.2, 0) is 0 Å². The van der Waals surface area contributed by atoms with E-state index in [1.54, 1.807) is 0 Å². The Morgan fingerprint density at radius 3 is 0.627 bits per heavy atom. The summed E-state index contributed by atoms with van der Waals surface area (Å²) in [5.41, 5.74) is 23.0. The molecule has 0 aliphatic rings. The average molecular weight is 958 g/mol. The zero-order valence-electron chi connectivity index (χ0n) is 41.3. The molecule has 0 unspecified atom stereocenters. The molecule has 0 aliphatic heterocycles. The highest BCUT2D eigenvalue weighted by atomic mass is 15.1. The van der Waals surface area contributed by atoms with Crippen molar-refractivity contribution in [3.8, 4) is 66.8 Å². The maximum absolute atomic E-state index is 3.94. The van der Waals surface area contributed by atoms with E-state index in [2.05, 4.69) is 318 Å². The monoisotopic (exact) mass is 957 g/mol. The summed E-state index contributed by atoms with van der Waals surface area (Å²) in [4.78, 5) is 8.63. The van der Waals surface area contributed by atoms with Gasteiger partial charge >= 0.3 is 0 Å². The normalized spacial score (nSPS) is 11.2. The molecule has 0 aliphatic carbocycles. The Balaban J connectivity index is 0.831. The molecule has 3 nitrogen and oxygen atoms in total. The van der Waals surface area contributed by atoms with E-state index in [-0.39, 0.29) is 0 Å². The van der Waals surface area contributed by atoms with Crippen molar-refractivity contribution in [2.45, 2.75) is 0 Å². The molecule has 0 radical (unpaired) electrons. The Labute approximate surface area is 438 Å². The van der Waals surface area contributed by atoms with Gasteiger partial charge in [-0.3, -0.25) is 0 Å². The summed E-state index contributed by atoms with van der Waals surface area (Å²) in [7, 11) is 0. The van der Waals surface area contributed by atoms with E-state index in [0.29, 0.717) is 0 Å². The van der Waals surface area contributed by atoms with Crippen LogP contribution < -0.4 is 9.80 Å². The summed E-state index contributed by atoms with van der Waals surface area (Å²) in [6.07, 6.45) is 0. The second kappa shape index (κ2) is 19.9. The molecule has 3 heteroatoms. The fourth-order valence-electron chi connectivity index (χ4n) is 10.6. The van der Waals surface area contributed by atoms with Gasteiger partial charge in [-0.1, -0.05) is 231 Å². The molecule has 0 amide bonds. The van der Waals surface area contributed by atoms with Gasteiger partial charge in [-0.15, -0.1) is 0 Å². The molecule has 0 spiro atoms. The third-order valence-corrected chi connectivity index (χ3v) is 14.5. The predicted octanol–water partition coefficient (Wildman–Crippen LogP) is 20.3. The highest BCUT2D eigenvalue weighted by Crippen LogP contribution is 2.42. The first kappa shape index (κ1) is 44.9. The van der Waals surface area contributed by atoms with Gasteiger partial charge in [0, 0.05) is 56.0 Å². The molecule has 1 aromatic heterocycles. The van der Waals surface area contributed by atoms with Crippen LogP contribution in [0.25, 0.3) is 88.6 Å². The van der Waals surface area contributed by atoms with Gasteiger partial charge in [0.25, 0.3) is 0 Å². The summed E-state index contributed by atoms with van der Waals surface area (Å²) in [6, 6.07) is 109. The number of aromatic nitrogens is 1. The zero-order valence-corrected chi connectivity index (χ0v) is 41.3. The summed E-state index contributed by atoms with van der Waals surface area (Å²) in [5, 5.41) is 2.40. The van der Waals surface area contributed by atoms with Crippen LogP contribution in [0.4, 0.5) is 34.1 Å². The van der Waals surface area contributed by atoms with Gasteiger partial charge in [-0.05, 0) is 128 Å². The lowest BCUT2D eigenvalue weighted by atomic mass is 9.99. The molecular formula is C72H51N3. The van der Waals surface area contributed by atoms with Gasteiger partial charge in [0.15, 0.2) is 0 Å². The number of H-pyrrole nitrogens is 1. The summed E-state index contributed by atoms with van der Waals surface area (Å²) < 4.78 is 0. The largest absolute Gasteiger partial charge is 0.353 e. The standard InChI is InChI=1S/C72H51N3/c1-5-15-51(16-6-1)55-27-39-61(40-28-55)74(62-41-29-56(30-42-62)52-17-7-2-8-18-52)65-47-35-59(36-48-65)67-23-13-25-69-70-26-14-24-68(72(70)73-71(67)69)60-37-49-66(50-38-60)75(63-43-31-57(32-44-63)53-19-9-3-10-20-53)64-45-33-58(34-46-64)54-21-11-4-12-22-54/h1-50,73H. The van der Waals surface area contributed by atoms with Crippen LogP contribution >= 0.6 is 0 Å². The van der Waals surface area contributed by atoms with E-state index in [1.807, 2.05) is 0 Å². The Kier molecular flexibility index (Phi) is 11.9. The number of hydrogen-bond donors (Lipinski definition) is 1. The Bertz CT molecular complexity index is 3590. The molecule has 75 heavy (non-hydrogen) atoms. The van der Waals surface area contributed by atoms with Crippen LogP contribution in [-0.4, -0.2) is 4.98 Å². The number of nitrogens with zero attached hydrogens (tertiary/aromatic N) is 2. The second-order valence-corrected chi connectivity index (χ2v) is 19.0. The molecule has 0 saturated carbocycles. The number of para-hydroxylation sites is 2. The first-order valence-corrected chi connectivity index (χ1v) is 25.7. The third kappa shape index (κ3) is 8.94. The highest BCUT2D eigenvalue weighted by molar-refractivity contribution is 6.15. The molecule has 0 saturated heterocycles. The first-order valence-electron chi connectivity index (χ1n) is 25.7. The fraction of sp³-hybridized carbons (Fsp3) is 0. The Morgan fingerprint density at radius 1 is 0.173 bits per heavy atom. The van der Waals surface area contributed by atoms with Gasteiger partial charge in [-0.2, -0.15) is 0 Å². The SMILES string of the molecule is c1ccc(-c2ccc(N(c3ccc(-c4ccccc4)cc3)c3ccc(-c4cccc5c4[nH]c4c(-c6ccc(N(c7ccc(-c8ccccc8)cc7)c7ccc(-c8ccccc8)cc7)cc6)cccc45)cc3)cc2)cc1. The topological polar surface area (TPSA) is 22.3 Å². The van der Waals surface area contributed by atoms with Crippen molar-refractivity contribution in [1.29, 1.82) is 0 Å². The van der Waals surface area contributed by atoms with Crippen molar-refractivity contribution >= 4 is 55.9 Å². The van der Waals surface area contributed by atoms with Crippen molar-refractivity contribution in [2.75, 3.05) is 9.80 Å². The Morgan fingerprint density at radius 2 is 0.387 bits per heavy atom. The zero-order chi connectivity index (χ0) is 49.9. The van der Waals surface area contributed by atoms with Crippen LogP contribution in [0, 0.1) is 0 Å². The molecule has 0 bridgehead atoms. The molecule has 1 heterocycles. The van der Waals surface area contributed by atoms with E-state index in [1.165, 1.54) is 55.3 Å². The molecule has 354 valence electrons. The van der Waals surface area contributed by atoms with Crippen LogP contribution in [0.3, 0.4) is 0 Å². The number of fused-ring (bicyclic) bond motifs is 3. The maximum atomic E-state index is 3.94. The molecule has 13 aromatic rings. The van der Waals surface area contributed by atoms with Crippen molar-refractivity contribution in [2.24, 2.45) is 0 Å².